The number of alkyl halides is 3. The molecule has 17 heavy (non-hydrogen) atoms. The molecule has 90 valence electrons. The molecule has 1 heterocycles. The number of nitrogens with zero attached hydrogens (tertiary/aromatic N) is 1. The van der Waals surface area contributed by atoms with E-state index in [4.69, 9.17) is 5.73 Å². The Morgan fingerprint density at radius 2 is 1.88 bits per heavy atom. The number of hydrogen-bond acceptors (Lipinski definition) is 2. The van der Waals surface area contributed by atoms with Crippen molar-refractivity contribution in [3.63, 3.8) is 0 Å². The number of aromatic amines is 1. The molecule has 0 aliphatic rings. The van der Waals surface area contributed by atoms with E-state index in [0.29, 0.717) is 12.1 Å². The molecule has 3 nitrogen and oxygen atoms in total. The SMILES string of the molecule is Nc1[nH]ncc1-c1cc(C(F)(F)F)ccc1F. The number of nitrogens with two attached hydrogens (primary N) is 1. The van der Waals surface area contributed by atoms with Crippen molar-refractivity contribution in [2.24, 2.45) is 0 Å². The van der Waals surface area contributed by atoms with Crippen LogP contribution in [0, 0.1) is 5.82 Å². The summed E-state index contributed by atoms with van der Waals surface area (Å²) in [4.78, 5) is 0. The maximum absolute atomic E-state index is 13.4. The maximum atomic E-state index is 13.4. The van der Waals surface area contributed by atoms with Crippen molar-refractivity contribution in [2.75, 3.05) is 5.73 Å². The van der Waals surface area contributed by atoms with E-state index < -0.39 is 17.6 Å². The first kappa shape index (κ1) is 11.4. The zero-order valence-electron chi connectivity index (χ0n) is 8.35. The molecule has 0 aliphatic carbocycles. The average Bonchev–Trinajstić information content (AvgIpc) is 2.63. The van der Waals surface area contributed by atoms with E-state index in [0.717, 1.165) is 6.07 Å². The van der Waals surface area contributed by atoms with Gasteiger partial charge in [-0.3, -0.25) is 5.10 Å². The van der Waals surface area contributed by atoms with E-state index in [-0.39, 0.29) is 16.9 Å². The van der Waals surface area contributed by atoms with Crippen LogP contribution in [0.3, 0.4) is 0 Å². The van der Waals surface area contributed by atoms with Gasteiger partial charge in [-0.25, -0.2) is 4.39 Å². The normalized spacial score (nSPS) is 11.8. The molecule has 1 aromatic heterocycles. The summed E-state index contributed by atoms with van der Waals surface area (Å²) >= 11 is 0. The van der Waals surface area contributed by atoms with Crippen molar-refractivity contribution >= 4 is 5.82 Å². The van der Waals surface area contributed by atoms with Crippen molar-refractivity contribution in [2.45, 2.75) is 6.18 Å². The standard InChI is InChI=1S/C10H7F4N3/c11-8-2-1-5(10(12,13)14)3-6(8)7-4-16-17-9(7)15/h1-4H,(H3,15,16,17). The second-order valence-electron chi connectivity index (χ2n) is 3.39. The highest BCUT2D eigenvalue weighted by Crippen LogP contribution is 2.34. The number of H-pyrrole nitrogens is 1. The molecule has 0 amide bonds. The van der Waals surface area contributed by atoms with Crippen LogP contribution in [0.2, 0.25) is 0 Å². The fraction of sp³-hybridized carbons (Fsp3) is 0.100. The summed E-state index contributed by atoms with van der Waals surface area (Å²) in [6, 6.07) is 2.14. The van der Waals surface area contributed by atoms with Gasteiger partial charge in [0.25, 0.3) is 0 Å². The summed E-state index contributed by atoms with van der Waals surface area (Å²) in [6.07, 6.45) is -3.35. The number of rotatable bonds is 1. The lowest BCUT2D eigenvalue weighted by atomic mass is 10.0. The van der Waals surface area contributed by atoms with Gasteiger partial charge in [0.15, 0.2) is 0 Å². The lowest BCUT2D eigenvalue weighted by Gasteiger charge is -2.09. The number of nitrogen functional groups attached to an aromatic ring is 1. The number of aromatic nitrogens is 2. The lowest BCUT2D eigenvalue weighted by molar-refractivity contribution is -0.137. The molecule has 0 spiro atoms. The Morgan fingerprint density at radius 1 is 1.18 bits per heavy atom. The summed E-state index contributed by atoms with van der Waals surface area (Å²) in [5, 5.41) is 5.87. The lowest BCUT2D eigenvalue weighted by Crippen LogP contribution is -2.05. The van der Waals surface area contributed by atoms with Crippen molar-refractivity contribution in [1.29, 1.82) is 0 Å². The minimum absolute atomic E-state index is 0.0169. The molecule has 0 bridgehead atoms. The van der Waals surface area contributed by atoms with Crippen LogP contribution in [0.1, 0.15) is 5.56 Å². The first-order valence-corrected chi connectivity index (χ1v) is 4.55. The third-order valence-corrected chi connectivity index (χ3v) is 2.25. The third kappa shape index (κ3) is 2.08. The first-order chi connectivity index (χ1) is 7.89. The molecule has 0 unspecified atom stereocenters. The fourth-order valence-electron chi connectivity index (χ4n) is 1.42. The highest BCUT2D eigenvalue weighted by molar-refractivity contribution is 5.74. The van der Waals surface area contributed by atoms with Gasteiger partial charge in [0.2, 0.25) is 0 Å². The zero-order valence-corrected chi connectivity index (χ0v) is 8.35. The van der Waals surface area contributed by atoms with Crippen molar-refractivity contribution < 1.29 is 17.6 Å². The Bertz CT molecular complexity index is 545. The van der Waals surface area contributed by atoms with E-state index in [1.165, 1.54) is 6.20 Å². The zero-order chi connectivity index (χ0) is 12.6. The molecular formula is C10H7F4N3. The molecule has 2 aromatic rings. The molecule has 3 N–H and O–H groups in total. The highest BCUT2D eigenvalue weighted by Gasteiger charge is 2.31. The van der Waals surface area contributed by atoms with Gasteiger partial charge in [0.1, 0.15) is 11.6 Å². The highest BCUT2D eigenvalue weighted by atomic mass is 19.4. The Morgan fingerprint density at radius 3 is 2.41 bits per heavy atom. The molecule has 0 fully saturated rings. The molecule has 2 rings (SSSR count). The van der Waals surface area contributed by atoms with Crippen LogP contribution in [0.25, 0.3) is 11.1 Å². The number of halogens is 4. The van der Waals surface area contributed by atoms with Gasteiger partial charge in [-0.2, -0.15) is 18.3 Å². The third-order valence-electron chi connectivity index (χ3n) is 2.25. The predicted octanol–water partition coefficient (Wildman–Crippen LogP) is 2.82. The van der Waals surface area contributed by atoms with Gasteiger partial charge in [-0.15, -0.1) is 0 Å². The molecule has 1 aromatic carbocycles. The minimum atomic E-state index is -4.53. The van der Waals surface area contributed by atoms with Crippen molar-refractivity contribution in [3.05, 3.63) is 35.8 Å². The molecule has 7 heteroatoms. The predicted molar refractivity (Wildman–Crippen MR) is 53.4 cm³/mol. The van der Waals surface area contributed by atoms with Gasteiger partial charge in [0, 0.05) is 11.1 Å². The van der Waals surface area contributed by atoms with Crippen LogP contribution in [0.4, 0.5) is 23.4 Å². The second-order valence-corrected chi connectivity index (χ2v) is 3.39. The monoisotopic (exact) mass is 245 g/mol. The average molecular weight is 245 g/mol. The van der Waals surface area contributed by atoms with Crippen molar-refractivity contribution in [1.82, 2.24) is 10.2 Å². The summed E-state index contributed by atoms with van der Waals surface area (Å²) in [5.41, 5.74) is 4.37. The summed E-state index contributed by atoms with van der Waals surface area (Å²) in [5.74, 6) is -0.769. The number of hydrogen-bond donors (Lipinski definition) is 2. The molecular weight excluding hydrogens is 238 g/mol. The molecule has 0 atom stereocenters. The van der Waals surface area contributed by atoms with Crippen LogP contribution in [0.5, 0.6) is 0 Å². The smallest absolute Gasteiger partial charge is 0.384 e. The van der Waals surface area contributed by atoms with E-state index in [1.807, 2.05) is 0 Å². The first-order valence-electron chi connectivity index (χ1n) is 4.55. The van der Waals surface area contributed by atoms with Crippen LogP contribution < -0.4 is 5.73 Å². The second kappa shape index (κ2) is 3.76. The fourth-order valence-corrected chi connectivity index (χ4v) is 1.42. The maximum Gasteiger partial charge on any atom is 0.416 e. The number of benzene rings is 1. The topological polar surface area (TPSA) is 54.7 Å². The van der Waals surface area contributed by atoms with Crippen LogP contribution in [0.15, 0.2) is 24.4 Å². The van der Waals surface area contributed by atoms with Crippen LogP contribution in [-0.2, 0) is 6.18 Å². The minimum Gasteiger partial charge on any atom is -0.384 e. The van der Waals surface area contributed by atoms with Gasteiger partial charge in [0.05, 0.1) is 11.8 Å². The number of nitrogens with one attached hydrogen (secondary N) is 1. The van der Waals surface area contributed by atoms with E-state index >= 15 is 0 Å². The molecule has 0 saturated carbocycles. The number of anilines is 1. The molecule has 0 saturated heterocycles. The van der Waals surface area contributed by atoms with Gasteiger partial charge in [-0.05, 0) is 18.2 Å². The Kier molecular flexibility index (Phi) is 2.53. The van der Waals surface area contributed by atoms with Crippen LogP contribution >= 0.6 is 0 Å². The van der Waals surface area contributed by atoms with E-state index in [9.17, 15) is 17.6 Å². The van der Waals surface area contributed by atoms with Gasteiger partial charge in [-0.1, -0.05) is 0 Å². The van der Waals surface area contributed by atoms with Gasteiger partial charge < -0.3 is 5.73 Å². The summed E-state index contributed by atoms with van der Waals surface area (Å²) in [7, 11) is 0. The van der Waals surface area contributed by atoms with Gasteiger partial charge >= 0.3 is 6.18 Å². The van der Waals surface area contributed by atoms with E-state index in [1.54, 1.807) is 0 Å². The van der Waals surface area contributed by atoms with E-state index in [2.05, 4.69) is 10.2 Å². The largest absolute Gasteiger partial charge is 0.416 e. The quantitative estimate of drug-likeness (QED) is 0.759. The summed E-state index contributed by atoms with van der Waals surface area (Å²) < 4.78 is 50.8. The molecule has 0 radical (unpaired) electrons. The molecule has 0 aliphatic heterocycles. The van der Waals surface area contributed by atoms with Crippen LogP contribution in [-0.4, -0.2) is 10.2 Å². The van der Waals surface area contributed by atoms with Crippen molar-refractivity contribution in [3.8, 4) is 11.1 Å². The Balaban J connectivity index is 2.58. The Labute approximate surface area is 93.3 Å². The Hall–Kier alpha value is -2.05. The summed E-state index contributed by atoms with van der Waals surface area (Å²) in [6.45, 7) is 0.